The molecule has 3 nitrogen and oxygen atoms in total. The lowest BCUT2D eigenvalue weighted by Crippen LogP contribution is -2.14. The standard InChI is InChI=1S/C28H26F6O.C22H24F4O.C15H20F2O/c1-2-3-16-4-6-18(7-5-16)20-13-25(33)28(26(34)14-20)35-15-17-10-23(31)27(24(32)11-17)19-8-9-21(29)22(30)12-19;1-2-3-14-4-6-16(7-5-14)17-10-20(25)22(21(26)11-17)27-13-15-8-18(23)12-19(24)9-15;1-2-3-10-4-6-11(7-5-10)12-8-13(16)15(18)14(17)9-12/h8-14,16,18H,2-7,15H2,1H3;8-12,14,16H,2-7,13H2,1H3;8-11,18H,2-7H2,1H3. The summed E-state index contributed by atoms with van der Waals surface area (Å²) >= 11 is 0. The van der Waals surface area contributed by atoms with Crippen LogP contribution in [0.25, 0.3) is 11.1 Å². The van der Waals surface area contributed by atoms with Gasteiger partial charge in [-0.2, -0.15) is 0 Å². The maximum absolute atomic E-state index is 14.7. The highest BCUT2D eigenvalue weighted by atomic mass is 19.2. The minimum atomic E-state index is -1.24. The molecule has 0 bridgehead atoms. The van der Waals surface area contributed by atoms with E-state index in [1.54, 1.807) is 0 Å². The molecular weight excluding hydrogens is 1060 g/mol. The van der Waals surface area contributed by atoms with Gasteiger partial charge in [0, 0.05) is 6.07 Å². The van der Waals surface area contributed by atoms with Crippen molar-refractivity contribution in [2.75, 3.05) is 0 Å². The highest BCUT2D eigenvalue weighted by molar-refractivity contribution is 5.65. The normalized spacial score (nSPS) is 20.0. The van der Waals surface area contributed by atoms with E-state index in [9.17, 15) is 52.7 Å². The average Bonchev–Trinajstić information content (AvgIpc) is 3.43. The Kier molecular flexibility index (Phi) is 22.3. The van der Waals surface area contributed by atoms with E-state index in [0.717, 1.165) is 138 Å². The van der Waals surface area contributed by atoms with Gasteiger partial charge in [-0.3, -0.25) is 0 Å². The number of phenols is 1. The zero-order valence-corrected chi connectivity index (χ0v) is 45.5. The van der Waals surface area contributed by atoms with E-state index in [1.807, 2.05) is 0 Å². The van der Waals surface area contributed by atoms with Gasteiger partial charge in [-0.25, -0.2) is 52.7 Å². The van der Waals surface area contributed by atoms with Crippen LogP contribution in [0.2, 0.25) is 0 Å². The molecule has 15 heteroatoms. The highest BCUT2D eigenvalue weighted by Gasteiger charge is 2.28. The van der Waals surface area contributed by atoms with Gasteiger partial charge in [0.25, 0.3) is 0 Å². The van der Waals surface area contributed by atoms with Crippen molar-refractivity contribution in [3.63, 3.8) is 0 Å². The van der Waals surface area contributed by atoms with Crippen LogP contribution in [0.1, 0.15) is 182 Å². The van der Waals surface area contributed by atoms with Crippen LogP contribution in [0.5, 0.6) is 17.2 Å². The topological polar surface area (TPSA) is 38.7 Å². The molecule has 0 radical (unpaired) electrons. The Morgan fingerprint density at radius 2 is 0.700 bits per heavy atom. The molecule has 3 saturated carbocycles. The van der Waals surface area contributed by atoms with Gasteiger partial charge in [0.15, 0.2) is 63.8 Å². The minimum absolute atomic E-state index is 0.0107. The number of rotatable bonds is 16. The lowest BCUT2D eigenvalue weighted by atomic mass is 9.77. The van der Waals surface area contributed by atoms with Gasteiger partial charge in [0.2, 0.25) is 0 Å². The van der Waals surface area contributed by atoms with Crippen molar-refractivity contribution < 1.29 is 67.3 Å². The molecule has 1 N–H and O–H groups in total. The zero-order valence-electron chi connectivity index (χ0n) is 45.5. The molecule has 6 aromatic carbocycles. The molecule has 0 saturated heterocycles. The maximum Gasteiger partial charge on any atom is 0.191 e. The van der Waals surface area contributed by atoms with Crippen molar-refractivity contribution in [1.29, 1.82) is 0 Å². The molecule has 0 amide bonds. The van der Waals surface area contributed by atoms with Crippen molar-refractivity contribution in [2.45, 2.75) is 167 Å². The number of benzene rings is 6. The van der Waals surface area contributed by atoms with Crippen molar-refractivity contribution >= 4 is 0 Å². The fourth-order valence-electron chi connectivity index (χ4n) is 11.9. The van der Waals surface area contributed by atoms with Crippen LogP contribution in [0.15, 0.2) is 84.9 Å². The third kappa shape index (κ3) is 16.5. The van der Waals surface area contributed by atoms with Crippen molar-refractivity contribution in [1.82, 2.24) is 0 Å². The molecule has 0 aliphatic heterocycles. The van der Waals surface area contributed by atoms with E-state index in [0.29, 0.717) is 28.7 Å². The van der Waals surface area contributed by atoms with Gasteiger partial charge in [-0.1, -0.05) is 65.4 Å². The largest absolute Gasteiger partial charge is 0.503 e. The summed E-state index contributed by atoms with van der Waals surface area (Å²) in [5.41, 5.74) is 1.39. The van der Waals surface area contributed by atoms with E-state index in [1.165, 1.54) is 68.5 Å². The Balaban J connectivity index is 0.000000183. The number of phenolic OH excluding ortho intramolecular Hbond substituents is 1. The van der Waals surface area contributed by atoms with E-state index >= 15 is 0 Å². The van der Waals surface area contributed by atoms with Crippen LogP contribution in [0, 0.1) is 87.6 Å². The first-order chi connectivity index (χ1) is 38.3. The summed E-state index contributed by atoms with van der Waals surface area (Å²) < 4.78 is 177. The molecule has 0 unspecified atom stereocenters. The first kappa shape index (κ1) is 61.5. The second-order valence-corrected chi connectivity index (χ2v) is 21.9. The van der Waals surface area contributed by atoms with Gasteiger partial charge < -0.3 is 14.6 Å². The van der Waals surface area contributed by atoms with Gasteiger partial charge in [0.05, 0.1) is 5.56 Å². The molecule has 432 valence electrons. The average molecular weight is 1130 g/mol. The summed E-state index contributed by atoms with van der Waals surface area (Å²) in [7, 11) is 0. The Bertz CT molecular complexity index is 2880. The lowest BCUT2D eigenvalue weighted by molar-refractivity contribution is 0.271. The molecule has 3 aliphatic carbocycles. The SMILES string of the molecule is CCCC1CCC(c2cc(F)c(O)c(F)c2)CC1.CCCC1CCC(c2cc(F)c(OCc3cc(F)c(-c4ccc(F)c(F)c4)c(F)c3)c(F)c2)CC1.CCCC1CCC(c2cc(F)c(OCc3cc(F)cc(F)c3)c(F)c2)CC1. The Morgan fingerprint density at radius 1 is 0.362 bits per heavy atom. The first-order valence-electron chi connectivity index (χ1n) is 28.1. The van der Waals surface area contributed by atoms with Crippen LogP contribution in [0.4, 0.5) is 52.7 Å². The second-order valence-electron chi connectivity index (χ2n) is 21.9. The Hall–Kier alpha value is -6.12. The van der Waals surface area contributed by atoms with Crippen molar-refractivity contribution in [3.05, 3.63) is 183 Å². The summed E-state index contributed by atoms with van der Waals surface area (Å²) in [6.45, 7) is 5.72. The molecule has 80 heavy (non-hydrogen) atoms. The summed E-state index contributed by atoms with van der Waals surface area (Å²) in [6, 6.07) is 15.0. The highest BCUT2D eigenvalue weighted by Crippen LogP contribution is 2.42. The Labute approximate surface area is 461 Å². The third-order valence-corrected chi connectivity index (χ3v) is 16.1. The van der Waals surface area contributed by atoms with Gasteiger partial charge in [-0.05, 0) is 219 Å². The molecule has 0 spiro atoms. The minimum Gasteiger partial charge on any atom is -0.503 e. The lowest BCUT2D eigenvalue weighted by Gasteiger charge is -2.28. The van der Waals surface area contributed by atoms with Gasteiger partial charge >= 0.3 is 0 Å². The van der Waals surface area contributed by atoms with Crippen LogP contribution in [0.3, 0.4) is 0 Å². The van der Waals surface area contributed by atoms with E-state index in [2.05, 4.69) is 20.8 Å². The zero-order chi connectivity index (χ0) is 57.6. The molecule has 3 aliphatic rings. The van der Waals surface area contributed by atoms with Crippen LogP contribution < -0.4 is 9.47 Å². The fourth-order valence-corrected chi connectivity index (χ4v) is 11.9. The predicted molar refractivity (Wildman–Crippen MR) is 286 cm³/mol. The molecule has 6 aromatic rings. The summed E-state index contributed by atoms with van der Waals surface area (Å²) in [5, 5.41) is 9.09. The quantitative estimate of drug-likeness (QED) is 0.0982. The maximum atomic E-state index is 14.7. The molecule has 0 heterocycles. The molecule has 0 atom stereocenters. The van der Waals surface area contributed by atoms with Crippen LogP contribution in [-0.4, -0.2) is 5.11 Å². The monoisotopic (exact) mass is 1130 g/mol. The molecule has 0 aromatic heterocycles. The number of aromatic hydroxyl groups is 1. The van der Waals surface area contributed by atoms with Gasteiger partial charge in [0.1, 0.15) is 36.5 Å². The fraction of sp³-hybridized carbons (Fsp3) is 0.446. The van der Waals surface area contributed by atoms with E-state index < -0.39 is 99.2 Å². The molecule has 9 rings (SSSR count). The smallest absolute Gasteiger partial charge is 0.191 e. The summed E-state index contributed by atoms with van der Waals surface area (Å²) in [5.74, 6) is -10.3. The van der Waals surface area contributed by atoms with E-state index in [-0.39, 0.29) is 41.1 Å². The van der Waals surface area contributed by atoms with E-state index in [4.69, 9.17) is 14.6 Å². The molecule has 3 fully saturated rings. The molecular formula is C65H70F12O3. The van der Waals surface area contributed by atoms with Crippen molar-refractivity contribution in [2.24, 2.45) is 17.8 Å². The third-order valence-electron chi connectivity index (χ3n) is 16.1. The van der Waals surface area contributed by atoms with Gasteiger partial charge in [-0.15, -0.1) is 0 Å². The number of hydrogen-bond acceptors (Lipinski definition) is 3. The van der Waals surface area contributed by atoms with Crippen LogP contribution in [-0.2, 0) is 13.2 Å². The van der Waals surface area contributed by atoms with Crippen molar-refractivity contribution in [3.8, 4) is 28.4 Å². The Morgan fingerprint density at radius 3 is 1.04 bits per heavy atom. The first-order valence-corrected chi connectivity index (χ1v) is 28.1. The summed E-state index contributed by atoms with van der Waals surface area (Å²) in [6.07, 6.45) is 19.3. The number of hydrogen-bond donors (Lipinski definition) is 1. The van der Waals surface area contributed by atoms with Crippen LogP contribution >= 0.6 is 0 Å². The summed E-state index contributed by atoms with van der Waals surface area (Å²) in [4.78, 5) is 0. The second kappa shape index (κ2) is 29.0. The number of halogens is 12. The number of ether oxygens (including phenoxy) is 2. The predicted octanol–water partition coefficient (Wildman–Crippen LogP) is 20.5.